The molecule has 0 aliphatic rings. The highest BCUT2D eigenvalue weighted by molar-refractivity contribution is 5.16. The zero-order valence-corrected chi connectivity index (χ0v) is 8.54. The third-order valence-corrected chi connectivity index (χ3v) is 2.07. The lowest BCUT2D eigenvalue weighted by Crippen LogP contribution is -2.19. The van der Waals surface area contributed by atoms with Crippen LogP contribution in [0.2, 0.25) is 0 Å². The molecule has 72 valence electrons. The van der Waals surface area contributed by atoms with Crippen molar-refractivity contribution in [3.8, 4) is 0 Å². The molecule has 0 radical (unpaired) electrons. The molecule has 0 aliphatic heterocycles. The van der Waals surface area contributed by atoms with E-state index in [1.807, 2.05) is 19.2 Å². The number of aliphatic hydroxyl groups excluding tert-OH is 1. The number of aryl methyl sites for hydroxylation is 1. The van der Waals surface area contributed by atoms with E-state index < -0.39 is 0 Å². The molecule has 1 aromatic rings. The Hall–Kier alpha value is -0.890. The Morgan fingerprint density at radius 2 is 2.15 bits per heavy atom. The largest absolute Gasteiger partial charge is 0.396 e. The third-order valence-electron chi connectivity index (χ3n) is 2.07. The van der Waals surface area contributed by atoms with Gasteiger partial charge in [-0.25, -0.2) is 0 Å². The van der Waals surface area contributed by atoms with Gasteiger partial charge < -0.3 is 5.11 Å². The van der Waals surface area contributed by atoms with Crippen molar-refractivity contribution in [3.63, 3.8) is 0 Å². The van der Waals surface area contributed by atoms with Crippen LogP contribution in [-0.2, 0) is 6.42 Å². The Bertz CT molecular complexity index is 281. The van der Waals surface area contributed by atoms with Crippen LogP contribution in [0.1, 0.15) is 25.1 Å². The van der Waals surface area contributed by atoms with Crippen molar-refractivity contribution in [3.05, 3.63) is 29.6 Å². The summed E-state index contributed by atoms with van der Waals surface area (Å²) in [6, 6.07) is 4.07. The summed E-state index contributed by atoms with van der Waals surface area (Å²) in [7, 11) is 0. The van der Waals surface area contributed by atoms with Crippen molar-refractivity contribution < 1.29 is 5.11 Å². The van der Waals surface area contributed by atoms with Crippen LogP contribution in [0.15, 0.2) is 18.3 Å². The van der Waals surface area contributed by atoms with Crippen molar-refractivity contribution in [1.82, 2.24) is 4.98 Å². The van der Waals surface area contributed by atoms with Crippen molar-refractivity contribution >= 4 is 0 Å². The van der Waals surface area contributed by atoms with Gasteiger partial charge in [0.2, 0.25) is 0 Å². The van der Waals surface area contributed by atoms with Gasteiger partial charge in [-0.15, -0.1) is 0 Å². The van der Waals surface area contributed by atoms with Gasteiger partial charge in [-0.1, -0.05) is 13.8 Å². The molecule has 0 amide bonds. The van der Waals surface area contributed by atoms with Gasteiger partial charge in [0.1, 0.15) is 0 Å². The zero-order valence-electron chi connectivity index (χ0n) is 8.54. The molecule has 0 fully saturated rings. The molecular weight excluding hydrogens is 162 g/mol. The normalized spacial score (nSPS) is 11.7. The predicted octanol–water partition coefficient (Wildman–Crippen LogP) is 1.95. The summed E-state index contributed by atoms with van der Waals surface area (Å²) >= 11 is 0. The molecule has 0 spiro atoms. The van der Waals surface area contributed by atoms with E-state index in [-0.39, 0.29) is 12.0 Å². The van der Waals surface area contributed by atoms with Crippen molar-refractivity contribution in [2.45, 2.75) is 27.2 Å². The molecule has 0 bridgehead atoms. The average Bonchev–Trinajstić information content (AvgIpc) is 2.03. The molecule has 1 N–H and O–H groups in total. The van der Waals surface area contributed by atoms with Gasteiger partial charge in [0.15, 0.2) is 0 Å². The SMILES string of the molecule is Cc1cc(CC(C)(C)CO)ccn1. The van der Waals surface area contributed by atoms with E-state index in [9.17, 15) is 0 Å². The molecule has 1 rings (SSSR count). The lowest BCUT2D eigenvalue weighted by Gasteiger charge is -2.21. The Morgan fingerprint density at radius 1 is 1.46 bits per heavy atom. The van der Waals surface area contributed by atoms with Crippen molar-refractivity contribution in [2.24, 2.45) is 5.41 Å². The molecule has 0 aliphatic carbocycles. The summed E-state index contributed by atoms with van der Waals surface area (Å²) < 4.78 is 0. The molecule has 2 heteroatoms. The quantitative estimate of drug-likeness (QED) is 0.769. The number of hydrogen-bond donors (Lipinski definition) is 1. The van der Waals surface area contributed by atoms with Gasteiger partial charge in [0.25, 0.3) is 0 Å². The van der Waals surface area contributed by atoms with Gasteiger partial charge in [-0.05, 0) is 36.5 Å². The van der Waals surface area contributed by atoms with Crippen LogP contribution >= 0.6 is 0 Å². The van der Waals surface area contributed by atoms with Crippen LogP contribution < -0.4 is 0 Å². The highest BCUT2D eigenvalue weighted by Crippen LogP contribution is 2.20. The number of rotatable bonds is 3. The minimum absolute atomic E-state index is 0.0339. The Labute approximate surface area is 79.6 Å². The first kappa shape index (κ1) is 10.2. The van der Waals surface area contributed by atoms with Crippen molar-refractivity contribution in [2.75, 3.05) is 6.61 Å². The second kappa shape index (κ2) is 3.88. The first-order chi connectivity index (χ1) is 6.03. The zero-order chi connectivity index (χ0) is 9.90. The van der Waals surface area contributed by atoms with E-state index >= 15 is 0 Å². The number of aliphatic hydroxyl groups is 1. The molecule has 0 aromatic carbocycles. The molecule has 13 heavy (non-hydrogen) atoms. The first-order valence-electron chi connectivity index (χ1n) is 4.56. The summed E-state index contributed by atoms with van der Waals surface area (Å²) in [5.74, 6) is 0. The molecule has 1 aromatic heterocycles. The minimum atomic E-state index is -0.0339. The number of nitrogens with zero attached hydrogens (tertiary/aromatic N) is 1. The van der Waals surface area contributed by atoms with E-state index in [1.54, 1.807) is 0 Å². The Kier molecular flexibility index (Phi) is 3.04. The molecule has 0 atom stereocenters. The van der Waals surface area contributed by atoms with Gasteiger partial charge in [0, 0.05) is 18.5 Å². The van der Waals surface area contributed by atoms with Gasteiger partial charge in [-0.2, -0.15) is 0 Å². The molecule has 1 heterocycles. The molecular formula is C11H17NO. The second-order valence-corrected chi connectivity index (χ2v) is 4.30. The smallest absolute Gasteiger partial charge is 0.0485 e. The summed E-state index contributed by atoms with van der Waals surface area (Å²) in [4.78, 5) is 4.13. The Balaban J connectivity index is 2.74. The third kappa shape index (κ3) is 3.15. The fourth-order valence-electron chi connectivity index (χ4n) is 1.32. The topological polar surface area (TPSA) is 33.1 Å². The fourth-order valence-corrected chi connectivity index (χ4v) is 1.32. The summed E-state index contributed by atoms with van der Waals surface area (Å²) in [5.41, 5.74) is 2.24. The van der Waals surface area contributed by atoms with E-state index in [4.69, 9.17) is 5.11 Å². The highest BCUT2D eigenvalue weighted by atomic mass is 16.3. The van der Waals surface area contributed by atoms with Crippen LogP contribution in [0.5, 0.6) is 0 Å². The van der Waals surface area contributed by atoms with E-state index in [0.29, 0.717) is 0 Å². The summed E-state index contributed by atoms with van der Waals surface area (Å²) in [6.07, 6.45) is 2.71. The van der Waals surface area contributed by atoms with Crippen LogP contribution in [0.25, 0.3) is 0 Å². The monoisotopic (exact) mass is 179 g/mol. The van der Waals surface area contributed by atoms with Gasteiger partial charge >= 0.3 is 0 Å². The summed E-state index contributed by atoms with van der Waals surface area (Å²) in [6.45, 7) is 6.31. The van der Waals surface area contributed by atoms with E-state index in [2.05, 4.69) is 24.9 Å². The van der Waals surface area contributed by atoms with Gasteiger partial charge in [-0.3, -0.25) is 4.98 Å². The maximum Gasteiger partial charge on any atom is 0.0485 e. The molecule has 0 saturated heterocycles. The van der Waals surface area contributed by atoms with Crippen LogP contribution in [0, 0.1) is 12.3 Å². The predicted molar refractivity (Wildman–Crippen MR) is 53.5 cm³/mol. The molecule has 0 unspecified atom stereocenters. The van der Waals surface area contributed by atoms with Crippen molar-refractivity contribution in [1.29, 1.82) is 0 Å². The lowest BCUT2D eigenvalue weighted by molar-refractivity contribution is 0.159. The van der Waals surface area contributed by atoms with E-state index in [1.165, 1.54) is 5.56 Å². The highest BCUT2D eigenvalue weighted by Gasteiger charge is 2.16. The maximum atomic E-state index is 9.11. The van der Waals surface area contributed by atoms with Crippen LogP contribution in [0.4, 0.5) is 0 Å². The fraction of sp³-hybridized carbons (Fsp3) is 0.545. The minimum Gasteiger partial charge on any atom is -0.396 e. The number of aromatic nitrogens is 1. The lowest BCUT2D eigenvalue weighted by atomic mass is 9.87. The first-order valence-corrected chi connectivity index (χ1v) is 4.56. The standard InChI is InChI=1S/C11H17NO/c1-9-6-10(4-5-12-9)7-11(2,3)8-13/h4-6,13H,7-8H2,1-3H3. The number of hydrogen-bond acceptors (Lipinski definition) is 2. The number of pyridine rings is 1. The van der Waals surface area contributed by atoms with E-state index in [0.717, 1.165) is 12.1 Å². The average molecular weight is 179 g/mol. The van der Waals surface area contributed by atoms with Crippen LogP contribution in [0.3, 0.4) is 0 Å². The Morgan fingerprint density at radius 3 is 2.69 bits per heavy atom. The van der Waals surface area contributed by atoms with Gasteiger partial charge in [0.05, 0.1) is 0 Å². The second-order valence-electron chi connectivity index (χ2n) is 4.30. The maximum absolute atomic E-state index is 9.11. The molecule has 0 saturated carbocycles. The van der Waals surface area contributed by atoms with Crippen LogP contribution in [-0.4, -0.2) is 16.7 Å². The summed E-state index contributed by atoms with van der Waals surface area (Å²) in [5, 5.41) is 9.11. The molecule has 2 nitrogen and oxygen atoms in total.